The van der Waals surface area contributed by atoms with Gasteiger partial charge in [0.25, 0.3) is 0 Å². The summed E-state index contributed by atoms with van der Waals surface area (Å²) in [5, 5.41) is 11.0. The average molecular weight is 278 g/mol. The van der Waals surface area contributed by atoms with Crippen LogP contribution in [0.4, 0.5) is 0 Å². The van der Waals surface area contributed by atoms with Crippen LogP contribution in [0.1, 0.15) is 35.4 Å². The van der Waals surface area contributed by atoms with Crippen molar-refractivity contribution in [2.75, 3.05) is 6.54 Å². The van der Waals surface area contributed by atoms with Crippen molar-refractivity contribution in [1.82, 2.24) is 10.5 Å². The number of rotatable bonds is 5. The van der Waals surface area contributed by atoms with E-state index in [2.05, 4.69) is 34.2 Å². The number of amides is 1. The standard InChI is InChI=1S/C14H18N2O2S/c1-9(12-4-5-19-8-12)7-15-14(17)6-13-10(2)16-18-11(13)3/h4-5,8-9H,6-7H2,1-3H3,(H,15,17)/t9-/m1/s1. The quantitative estimate of drug-likeness (QED) is 0.915. The molecule has 2 rings (SSSR count). The van der Waals surface area contributed by atoms with Crippen molar-refractivity contribution in [3.05, 3.63) is 39.4 Å². The molecule has 0 unspecified atom stereocenters. The van der Waals surface area contributed by atoms with Crippen LogP contribution in [0.15, 0.2) is 21.3 Å². The molecular formula is C14H18N2O2S. The van der Waals surface area contributed by atoms with Gasteiger partial charge in [-0.25, -0.2) is 0 Å². The van der Waals surface area contributed by atoms with E-state index in [9.17, 15) is 4.79 Å². The smallest absolute Gasteiger partial charge is 0.224 e. The Morgan fingerprint density at radius 3 is 2.89 bits per heavy atom. The van der Waals surface area contributed by atoms with E-state index in [4.69, 9.17) is 4.52 Å². The topological polar surface area (TPSA) is 55.1 Å². The van der Waals surface area contributed by atoms with Gasteiger partial charge in [-0.05, 0) is 42.2 Å². The number of carbonyl (C=O) groups excluding carboxylic acids is 1. The van der Waals surface area contributed by atoms with Gasteiger partial charge in [-0.15, -0.1) is 0 Å². The largest absolute Gasteiger partial charge is 0.361 e. The molecule has 0 spiro atoms. The molecule has 0 saturated heterocycles. The zero-order valence-corrected chi connectivity index (χ0v) is 12.2. The molecule has 5 heteroatoms. The lowest BCUT2D eigenvalue weighted by Gasteiger charge is -2.11. The highest BCUT2D eigenvalue weighted by Crippen LogP contribution is 2.17. The van der Waals surface area contributed by atoms with Gasteiger partial charge in [0.05, 0.1) is 12.1 Å². The summed E-state index contributed by atoms with van der Waals surface area (Å²) < 4.78 is 5.05. The van der Waals surface area contributed by atoms with Crippen LogP contribution < -0.4 is 5.32 Å². The number of thiophene rings is 1. The molecule has 0 saturated carbocycles. The Kier molecular flexibility index (Phi) is 4.37. The second-order valence-corrected chi connectivity index (χ2v) is 5.52. The molecule has 2 heterocycles. The van der Waals surface area contributed by atoms with E-state index >= 15 is 0 Å². The van der Waals surface area contributed by atoms with E-state index in [1.165, 1.54) is 5.56 Å². The molecule has 102 valence electrons. The third-order valence-corrected chi connectivity index (χ3v) is 3.94. The molecular weight excluding hydrogens is 260 g/mol. The summed E-state index contributed by atoms with van der Waals surface area (Å²) in [5.74, 6) is 1.06. The van der Waals surface area contributed by atoms with Gasteiger partial charge in [0.2, 0.25) is 5.91 Å². The Morgan fingerprint density at radius 2 is 2.32 bits per heavy atom. The summed E-state index contributed by atoms with van der Waals surface area (Å²) in [7, 11) is 0. The monoisotopic (exact) mass is 278 g/mol. The van der Waals surface area contributed by atoms with Gasteiger partial charge >= 0.3 is 0 Å². The van der Waals surface area contributed by atoms with Crippen molar-refractivity contribution in [2.45, 2.75) is 33.1 Å². The van der Waals surface area contributed by atoms with E-state index in [0.717, 1.165) is 17.0 Å². The molecule has 1 N–H and O–H groups in total. The van der Waals surface area contributed by atoms with Crippen LogP contribution in [0.3, 0.4) is 0 Å². The summed E-state index contributed by atoms with van der Waals surface area (Å²) in [5.41, 5.74) is 2.95. The lowest BCUT2D eigenvalue weighted by molar-refractivity contribution is -0.120. The van der Waals surface area contributed by atoms with Crippen LogP contribution in [-0.4, -0.2) is 17.6 Å². The summed E-state index contributed by atoms with van der Waals surface area (Å²) in [6, 6.07) is 2.09. The minimum atomic E-state index is 0.0106. The SMILES string of the molecule is Cc1noc(C)c1CC(=O)NC[C@@H](C)c1ccsc1. The maximum atomic E-state index is 11.9. The van der Waals surface area contributed by atoms with E-state index in [0.29, 0.717) is 18.9 Å². The van der Waals surface area contributed by atoms with Crippen LogP contribution in [0.25, 0.3) is 0 Å². The van der Waals surface area contributed by atoms with Crippen molar-refractivity contribution in [2.24, 2.45) is 0 Å². The van der Waals surface area contributed by atoms with Crippen molar-refractivity contribution >= 4 is 17.2 Å². The molecule has 0 aliphatic heterocycles. The number of hydrogen-bond donors (Lipinski definition) is 1. The lowest BCUT2D eigenvalue weighted by atomic mass is 10.0. The highest BCUT2D eigenvalue weighted by molar-refractivity contribution is 7.07. The van der Waals surface area contributed by atoms with Crippen LogP contribution in [0, 0.1) is 13.8 Å². The van der Waals surface area contributed by atoms with Gasteiger partial charge in [-0.3, -0.25) is 4.79 Å². The minimum absolute atomic E-state index is 0.0106. The zero-order chi connectivity index (χ0) is 13.8. The molecule has 1 amide bonds. The Bertz CT molecular complexity index is 526. The van der Waals surface area contributed by atoms with Crippen molar-refractivity contribution in [1.29, 1.82) is 0 Å². The minimum Gasteiger partial charge on any atom is -0.361 e. The maximum absolute atomic E-state index is 11.9. The number of aromatic nitrogens is 1. The van der Waals surface area contributed by atoms with Gasteiger partial charge in [-0.1, -0.05) is 12.1 Å². The molecule has 0 aliphatic carbocycles. The summed E-state index contributed by atoms with van der Waals surface area (Å²) in [6.07, 6.45) is 0.331. The highest BCUT2D eigenvalue weighted by atomic mass is 32.1. The van der Waals surface area contributed by atoms with Gasteiger partial charge in [0.15, 0.2) is 0 Å². The Hall–Kier alpha value is -1.62. The lowest BCUT2D eigenvalue weighted by Crippen LogP contribution is -2.29. The van der Waals surface area contributed by atoms with Gasteiger partial charge in [0, 0.05) is 12.1 Å². The molecule has 0 aliphatic rings. The summed E-state index contributed by atoms with van der Waals surface area (Å²) in [4.78, 5) is 11.9. The Morgan fingerprint density at radius 1 is 1.53 bits per heavy atom. The van der Waals surface area contributed by atoms with Crippen molar-refractivity contribution in [3.8, 4) is 0 Å². The second-order valence-electron chi connectivity index (χ2n) is 4.74. The number of nitrogens with one attached hydrogen (secondary N) is 1. The normalized spacial score (nSPS) is 12.4. The number of hydrogen-bond acceptors (Lipinski definition) is 4. The second kappa shape index (κ2) is 6.02. The number of aryl methyl sites for hydroxylation is 2. The highest BCUT2D eigenvalue weighted by Gasteiger charge is 2.14. The molecule has 0 fully saturated rings. The van der Waals surface area contributed by atoms with E-state index in [1.807, 2.05) is 13.8 Å². The molecule has 2 aromatic heterocycles. The molecule has 1 atom stereocenters. The van der Waals surface area contributed by atoms with E-state index in [1.54, 1.807) is 11.3 Å². The predicted octanol–water partition coefficient (Wildman–Crippen LogP) is 2.82. The Balaban J connectivity index is 1.85. The molecule has 0 bridgehead atoms. The van der Waals surface area contributed by atoms with Gasteiger partial charge in [-0.2, -0.15) is 11.3 Å². The maximum Gasteiger partial charge on any atom is 0.224 e. The third-order valence-electron chi connectivity index (χ3n) is 3.24. The fraction of sp³-hybridized carbons (Fsp3) is 0.429. The molecule has 2 aromatic rings. The first-order valence-electron chi connectivity index (χ1n) is 6.28. The molecule has 19 heavy (non-hydrogen) atoms. The summed E-state index contributed by atoms with van der Waals surface area (Å²) >= 11 is 1.68. The molecule has 4 nitrogen and oxygen atoms in total. The van der Waals surface area contributed by atoms with Crippen LogP contribution in [0.5, 0.6) is 0 Å². The van der Waals surface area contributed by atoms with Crippen molar-refractivity contribution < 1.29 is 9.32 Å². The third kappa shape index (κ3) is 3.44. The first kappa shape index (κ1) is 13.8. The first-order valence-corrected chi connectivity index (χ1v) is 7.22. The number of carbonyl (C=O) groups is 1. The molecule has 0 radical (unpaired) electrons. The van der Waals surface area contributed by atoms with E-state index in [-0.39, 0.29) is 5.91 Å². The predicted molar refractivity (Wildman–Crippen MR) is 75.4 cm³/mol. The summed E-state index contributed by atoms with van der Waals surface area (Å²) in [6.45, 7) is 6.45. The zero-order valence-electron chi connectivity index (χ0n) is 11.4. The number of nitrogens with zero attached hydrogens (tertiary/aromatic N) is 1. The Labute approximate surface area is 116 Å². The van der Waals surface area contributed by atoms with Crippen LogP contribution in [-0.2, 0) is 11.2 Å². The van der Waals surface area contributed by atoms with Crippen molar-refractivity contribution in [3.63, 3.8) is 0 Å². The fourth-order valence-electron chi connectivity index (χ4n) is 1.92. The van der Waals surface area contributed by atoms with E-state index < -0.39 is 0 Å². The average Bonchev–Trinajstić information content (AvgIpc) is 3.01. The molecule has 0 aromatic carbocycles. The fourth-order valence-corrected chi connectivity index (χ4v) is 2.70. The first-order chi connectivity index (χ1) is 9.08. The van der Waals surface area contributed by atoms with Crippen LogP contribution >= 0.6 is 11.3 Å². The van der Waals surface area contributed by atoms with Gasteiger partial charge < -0.3 is 9.84 Å². The van der Waals surface area contributed by atoms with Crippen LogP contribution in [0.2, 0.25) is 0 Å². The van der Waals surface area contributed by atoms with Gasteiger partial charge in [0.1, 0.15) is 5.76 Å².